The summed E-state index contributed by atoms with van der Waals surface area (Å²) in [6, 6.07) is 11.5. The van der Waals surface area contributed by atoms with E-state index in [0.717, 1.165) is 11.3 Å². The van der Waals surface area contributed by atoms with Crippen molar-refractivity contribution in [1.29, 1.82) is 0 Å². The van der Waals surface area contributed by atoms with Gasteiger partial charge in [0.15, 0.2) is 5.82 Å². The minimum atomic E-state index is 0.575. The van der Waals surface area contributed by atoms with Gasteiger partial charge in [-0.2, -0.15) is 4.68 Å². The van der Waals surface area contributed by atoms with Gasteiger partial charge in [0.25, 0.3) is 0 Å². The van der Waals surface area contributed by atoms with Crippen LogP contribution in [0.2, 0.25) is 0 Å². The van der Waals surface area contributed by atoms with Crippen LogP contribution in [-0.4, -0.2) is 25.4 Å². The van der Waals surface area contributed by atoms with Crippen molar-refractivity contribution in [3.8, 4) is 17.2 Å². The quantitative estimate of drug-likeness (QED) is 0.665. The molecule has 1 aromatic carbocycles. The van der Waals surface area contributed by atoms with E-state index < -0.39 is 0 Å². The second kappa shape index (κ2) is 3.82. The fourth-order valence-corrected chi connectivity index (χ4v) is 1.56. The minimum absolute atomic E-state index is 0.575. The molecule has 0 amide bonds. The maximum atomic E-state index is 5.01. The lowest BCUT2D eigenvalue weighted by atomic mass is 10.2. The molecule has 0 aliphatic carbocycles. The summed E-state index contributed by atoms with van der Waals surface area (Å²) in [4.78, 5) is 0. The summed E-state index contributed by atoms with van der Waals surface area (Å²) in [5, 5.41) is 15.5. The molecule has 0 saturated heterocycles. The molecule has 6 nitrogen and oxygen atoms in total. The Hall–Kier alpha value is -2.50. The average molecular weight is 227 g/mol. The summed E-state index contributed by atoms with van der Waals surface area (Å²) in [6.45, 7) is 1.82. The van der Waals surface area contributed by atoms with Gasteiger partial charge in [0.05, 0.1) is 0 Å². The van der Waals surface area contributed by atoms with Crippen molar-refractivity contribution in [2.75, 3.05) is 0 Å². The Kier molecular flexibility index (Phi) is 2.18. The van der Waals surface area contributed by atoms with Crippen molar-refractivity contribution in [2.24, 2.45) is 0 Å². The zero-order valence-electron chi connectivity index (χ0n) is 9.11. The highest BCUT2D eigenvalue weighted by atomic mass is 16.5. The molecule has 0 unspecified atom stereocenters. The zero-order valence-corrected chi connectivity index (χ0v) is 9.11. The molecular formula is C11H9N5O. The molecule has 3 rings (SSSR count). The van der Waals surface area contributed by atoms with Gasteiger partial charge < -0.3 is 4.52 Å². The van der Waals surface area contributed by atoms with E-state index in [9.17, 15) is 0 Å². The molecule has 0 fully saturated rings. The lowest BCUT2D eigenvalue weighted by Crippen LogP contribution is -1.99. The minimum Gasteiger partial charge on any atom is -0.359 e. The SMILES string of the molecule is Cc1cc(-n2nnnc2-c2ccccc2)no1. The van der Waals surface area contributed by atoms with E-state index in [1.165, 1.54) is 0 Å². The van der Waals surface area contributed by atoms with E-state index in [-0.39, 0.29) is 0 Å². The summed E-state index contributed by atoms with van der Waals surface area (Å²) in [5.74, 6) is 1.93. The molecule has 0 radical (unpaired) electrons. The number of tetrazole rings is 1. The van der Waals surface area contributed by atoms with Crippen molar-refractivity contribution in [3.63, 3.8) is 0 Å². The molecule has 17 heavy (non-hydrogen) atoms. The van der Waals surface area contributed by atoms with Crippen molar-refractivity contribution < 1.29 is 4.52 Å². The number of nitrogens with zero attached hydrogens (tertiary/aromatic N) is 5. The van der Waals surface area contributed by atoms with Crippen LogP contribution in [0.1, 0.15) is 5.76 Å². The Morgan fingerprint density at radius 1 is 1.18 bits per heavy atom. The largest absolute Gasteiger partial charge is 0.359 e. The van der Waals surface area contributed by atoms with Gasteiger partial charge in [-0.3, -0.25) is 0 Å². The average Bonchev–Trinajstić information content (AvgIpc) is 2.98. The molecule has 0 spiro atoms. The highest BCUT2D eigenvalue weighted by molar-refractivity contribution is 5.56. The van der Waals surface area contributed by atoms with Crippen LogP contribution in [0.3, 0.4) is 0 Å². The Morgan fingerprint density at radius 2 is 2.00 bits per heavy atom. The normalized spacial score (nSPS) is 10.6. The first-order valence-corrected chi connectivity index (χ1v) is 5.12. The predicted octanol–water partition coefficient (Wildman–Crippen LogP) is 1.63. The molecule has 0 aliphatic rings. The molecular weight excluding hydrogens is 218 g/mol. The van der Waals surface area contributed by atoms with Crippen LogP contribution >= 0.6 is 0 Å². The third-order valence-electron chi connectivity index (χ3n) is 2.33. The second-order valence-corrected chi connectivity index (χ2v) is 3.58. The standard InChI is InChI=1S/C11H9N5O/c1-8-7-10(13-17-8)16-11(12-14-15-16)9-5-3-2-4-6-9/h2-7H,1H3. The summed E-state index contributed by atoms with van der Waals surface area (Å²) in [7, 11) is 0. The first kappa shape index (κ1) is 9.71. The van der Waals surface area contributed by atoms with Crippen molar-refractivity contribution >= 4 is 0 Å². The van der Waals surface area contributed by atoms with Crippen LogP contribution in [-0.2, 0) is 0 Å². The van der Waals surface area contributed by atoms with Crippen LogP contribution in [0.25, 0.3) is 17.2 Å². The molecule has 0 N–H and O–H groups in total. The Bertz CT molecular complexity index is 628. The van der Waals surface area contributed by atoms with E-state index in [1.54, 1.807) is 10.7 Å². The molecule has 84 valence electrons. The lowest BCUT2D eigenvalue weighted by Gasteiger charge is -1.99. The van der Waals surface area contributed by atoms with E-state index in [0.29, 0.717) is 11.6 Å². The molecule has 3 aromatic rings. The number of hydrogen-bond donors (Lipinski definition) is 0. The van der Waals surface area contributed by atoms with E-state index in [2.05, 4.69) is 20.7 Å². The van der Waals surface area contributed by atoms with E-state index in [1.807, 2.05) is 37.3 Å². The summed E-state index contributed by atoms with van der Waals surface area (Å²) in [5.41, 5.74) is 0.929. The van der Waals surface area contributed by atoms with Crippen LogP contribution in [0.5, 0.6) is 0 Å². The first-order chi connectivity index (χ1) is 8.34. The monoisotopic (exact) mass is 227 g/mol. The van der Waals surface area contributed by atoms with Crippen LogP contribution in [0.4, 0.5) is 0 Å². The third kappa shape index (κ3) is 1.69. The second-order valence-electron chi connectivity index (χ2n) is 3.58. The fourth-order valence-electron chi connectivity index (χ4n) is 1.56. The summed E-state index contributed by atoms with van der Waals surface area (Å²) < 4.78 is 6.56. The van der Waals surface area contributed by atoms with Gasteiger partial charge in [-0.15, -0.1) is 5.10 Å². The Balaban J connectivity index is 2.12. The molecule has 0 saturated carbocycles. The molecule has 0 atom stereocenters. The number of hydrogen-bond acceptors (Lipinski definition) is 5. The number of aromatic nitrogens is 5. The van der Waals surface area contributed by atoms with Gasteiger partial charge in [-0.1, -0.05) is 35.5 Å². The number of benzene rings is 1. The lowest BCUT2D eigenvalue weighted by molar-refractivity contribution is 0.393. The smallest absolute Gasteiger partial charge is 0.200 e. The maximum absolute atomic E-state index is 5.01. The summed E-state index contributed by atoms with van der Waals surface area (Å²) in [6.07, 6.45) is 0. The zero-order chi connectivity index (χ0) is 11.7. The van der Waals surface area contributed by atoms with Crippen LogP contribution < -0.4 is 0 Å². The molecule has 2 aromatic heterocycles. The van der Waals surface area contributed by atoms with Gasteiger partial charge in [-0.25, -0.2) is 0 Å². The van der Waals surface area contributed by atoms with Crippen LogP contribution in [0.15, 0.2) is 40.9 Å². The Morgan fingerprint density at radius 3 is 2.71 bits per heavy atom. The van der Waals surface area contributed by atoms with Gasteiger partial charge >= 0.3 is 0 Å². The number of aryl methyl sites for hydroxylation is 1. The van der Waals surface area contributed by atoms with Crippen LogP contribution in [0, 0.1) is 6.92 Å². The highest BCUT2D eigenvalue weighted by Gasteiger charge is 2.12. The first-order valence-electron chi connectivity index (χ1n) is 5.12. The highest BCUT2D eigenvalue weighted by Crippen LogP contribution is 2.18. The summed E-state index contributed by atoms with van der Waals surface area (Å²) >= 11 is 0. The topological polar surface area (TPSA) is 69.6 Å². The van der Waals surface area contributed by atoms with Crippen molar-refractivity contribution in [3.05, 3.63) is 42.2 Å². The van der Waals surface area contributed by atoms with Gasteiger partial charge in [0, 0.05) is 11.6 Å². The molecule has 0 aliphatic heterocycles. The maximum Gasteiger partial charge on any atom is 0.200 e. The van der Waals surface area contributed by atoms with E-state index >= 15 is 0 Å². The fraction of sp³-hybridized carbons (Fsp3) is 0.0909. The van der Waals surface area contributed by atoms with Gasteiger partial charge in [0.1, 0.15) is 5.76 Å². The predicted molar refractivity (Wildman–Crippen MR) is 59.4 cm³/mol. The molecule has 6 heteroatoms. The van der Waals surface area contributed by atoms with Gasteiger partial charge in [0.2, 0.25) is 5.82 Å². The van der Waals surface area contributed by atoms with Crippen molar-refractivity contribution in [2.45, 2.75) is 6.92 Å². The number of rotatable bonds is 2. The van der Waals surface area contributed by atoms with E-state index in [4.69, 9.17) is 4.52 Å². The van der Waals surface area contributed by atoms with Crippen molar-refractivity contribution in [1.82, 2.24) is 25.4 Å². The molecule has 2 heterocycles. The Labute approximate surface area is 96.9 Å². The molecule has 0 bridgehead atoms. The third-order valence-corrected chi connectivity index (χ3v) is 2.33. The van der Waals surface area contributed by atoms with Gasteiger partial charge in [-0.05, 0) is 17.4 Å².